The predicted molar refractivity (Wildman–Crippen MR) is 143 cm³/mol. The second kappa shape index (κ2) is 8.77. The van der Waals surface area contributed by atoms with Gasteiger partial charge in [0.05, 0.1) is 23.7 Å². The number of fused-ring (bicyclic) bond motifs is 2. The number of H-pyrrole nitrogens is 1. The van der Waals surface area contributed by atoms with Crippen LogP contribution in [-0.4, -0.2) is 32.8 Å². The van der Waals surface area contributed by atoms with Crippen molar-refractivity contribution in [2.75, 3.05) is 7.11 Å². The van der Waals surface area contributed by atoms with Crippen LogP contribution in [0.1, 0.15) is 27.3 Å². The Morgan fingerprint density at radius 2 is 1.39 bits per heavy atom. The molecule has 6 nitrogen and oxygen atoms in total. The normalized spacial score (nSPS) is 11.7. The van der Waals surface area contributed by atoms with Crippen molar-refractivity contribution in [2.45, 2.75) is 5.54 Å². The standard InChI is InChI=1S/C29H21BrN4O2/c1-36-28(35)27-31-23-17-22-25(18-24(23)32-27)34(33-26(22)30)29(19-11-5-2-6-12-19,20-13-7-3-8-14-20)21-15-9-4-10-16-21/h2-18H,1H3,(H,31,32). The second-order valence-electron chi connectivity index (χ2n) is 8.47. The molecule has 0 aliphatic heterocycles. The van der Waals surface area contributed by atoms with E-state index in [4.69, 9.17) is 9.84 Å². The molecule has 0 spiro atoms. The number of halogens is 1. The number of methoxy groups -OCH3 is 1. The smallest absolute Gasteiger partial charge is 0.374 e. The molecule has 0 atom stereocenters. The van der Waals surface area contributed by atoms with E-state index in [-0.39, 0.29) is 5.82 Å². The van der Waals surface area contributed by atoms with Gasteiger partial charge in [-0.25, -0.2) is 14.5 Å². The minimum atomic E-state index is -0.771. The largest absolute Gasteiger partial charge is 0.463 e. The SMILES string of the molecule is COC(=O)c1nc2cc3c(Br)nn(C(c4ccccc4)(c4ccccc4)c4ccccc4)c3cc2[nH]1. The van der Waals surface area contributed by atoms with Gasteiger partial charge in [-0.2, -0.15) is 5.10 Å². The van der Waals surface area contributed by atoms with Gasteiger partial charge in [-0.15, -0.1) is 0 Å². The Morgan fingerprint density at radius 1 is 0.861 bits per heavy atom. The lowest BCUT2D eigenvalue weighted by Crippen LogP contribution is -2.38. The first-order chi connectivity index (χ1) is 17.6. The number of imidazole rings is 1. The van der Waals surface area contributed by atoms with Crippen LogP contribution in [-0.2, 0) is 10.3 Å². The maximum Gasteiger partial charge on any atom is 0.374 e. The molecular formula is C29H21BrN4O2. The van der Waals surface area contributed by atoms with Gasteiger partial charge in [0.2, 0.25) is 5.82 Å². The number of aromatic amines is 1. The fourth-order valence-corrected chi connectivity index (χ4v) is 5.41. The van der Waals surface area contributed by atoms with Gasteiger partial charge < -0.3 is 9.72 Å². The Morgan fingerprint density at radius 3 is 1.89 bits per heavy atom. The van der Waals surface area contributed by atoms with Crippen LogP contribution in [0.3, 0.4) is 0 Å². The molecule has 176 valence electrons. The van der Waals surface area contributed by atoms with Crippen molar-refractivity contribution >= 4 is 43.8 Å². The number of benzene rings is 4. The Hall–Kier alpha value is -4.23. The highest BCUT2D eigenvalue weighted by atomic mass is 79.9. The molecule has 4 aromatic carbocycles. The lowest BCUT2D eigenvalue weighted by atomic mass is 9.77. The van der Waals surface area contributed by atoms with Gasteiger partial charge in [0.25, 0.3) is 0 Å². The van der Waals surface area contributed by atoms with Gasteiger partial charge in [-0.1, -0.05) is 91.0 Å². The van der Waals surface area contributed by atoms with E-state index in [9.17, 15) is 4.79 Å². The number of nitrogens with one attached hydrogen (secondary N) is 1. The summed E-state index contributed by atoms with van der Waals surface area (Å²) in [7, 11) is 1.34. The lowest BCUT2D eigenvalue weighted by Gasteiger charge is -2.37. The first-order valence-corrected chi connectivity index (χ1v) is 12.3. The molecule has 0 amide bonds. The van der Waals surface area contributed by atoms with Crippen molar-refractivity contribution in [2.24, 2.45) is 0 Å². The molecule has 36 heavy (non-hydrogen) atoms. The molecular weight excluding hydrogens is 516 g/mol. The van der Waals surface area contributed by atoms with Crippen LogP contribution in [0.25, 0.3) is 21.9 Å². The number of esters is 1. The van der Waals surface area contributed by atoms with Crippen molar-refractivity contribution in [1.82, 2.24) is 19.7 Å². The van der Waals surface area contributed by atoms with E-state index in [0.29, 0.717) is 10.1 Å². The van der Waals surface area contributed by atoms with Crippen LogP contribution in [0.2, 0.25) is 0 Å². The molecule has 0 fully saturated rings. The van der Waals surface area contributed by atoms with Crippen LogP contribution in [0.15, 0.2) is 108 Å². The van der Waals surface area contributed by atoms with Gasteiger partial charge >= 0.3 is 5.97 Å². The number of carbonyl (C=O) groups is 1. The molecule has 0 bridgehead atoms. The fraction of sp³-hybridized carbons (Fsp3) is 0.0690. The topological polar surface area (TPSA) is 72.8 Å². The molecule has 0 aliphatic carbocycles. The first-order valence-electron chi connectivity index (χ1n) is 11.5. The molecule has 1 N–H and O–H groups in total. The molecule has 0 radical (unpaired) electrons. The number of ether oxygens (including phenoxy) is 1. The summed E-state index contributed by atoms with van der Waals surface area (Å²) in [5.74, 6) is -0.348. The van der Waals surface area contributed by atoms with E-state index in [1.807, 2.05) is 66.7 Å². The van der Waals surface area contributed by atoms with Gasteiger partial charge in [-0.05, 0) is 44.8 Å². The third-order valence-electron chi connectivity index (χ3n) is 6.51. The van der Waals surface area contributed by atoms with Crippen LogP contribution >= 0.6 is 15.9 Å². The maximum absolute atomic E-state index is 12.1. The van der Waals surface area contributed by atoms with E-state index >= 15 is 0 Å². The summed E-state index contributed by atoms with van der Waals surface area (Å²) >= 11 is 3.70. The minimum Gasteiger partial charge on any atom is -0.463 e. The number of hydrogen-bond donors (Lipinski definition) is 1. The van der Waals surface area contributed by atoms with Crippen molar-refractivity contribution in [1.29, 1.82) is 0 Å². The quantitative estimate of drug-likeness (QED) is 0.207. The first kappa shape index (κ1) is 22.2. The zero-order chi connectivity index (χ0) is 24.7. The number of nitrogens with zero attached hydrogens (tertiary/aromatic N) is 3. The third kappa shape index (κ3) is 3.35. The summed E-state index contributed by atoms with van der Waals surface area (Å²) < 4.78 is 7.61. The summed E-state index contributed by atoms with van der Waals surface area (Å²) in [5, 5.41) is 5.95. The molecule has 6 aromatic rings. The van der Waals surface area contributed by atoms with Crippen LogP contribution in [0, 0.1) is 0 Å². The Balaban J connectivity index is 1.75. The monoisotopic (exact) mass is 536 g/mol. The maximum atomic E-state index is 12.1. The summed E-state index contributed by atoms with van der Waals surface area (Å²) in [6.07, 6.45) is 0. The molecule has 2 aromatic heterocycles. The van der Waals surface area contributed by atoms with Gasteiger partial charge in [0, 0.05) is 5.39 Å². The molecule has 0 aliphatic rings. The fourth-order valence-electron chi connectivity index (χ4n) is 4.94. The number of rotatable bonds is 5. The Labute approximate surface area is 215 Å². The van der Waals surface area contributed by atoms with Crippen molar-refractivity contribution in [3.63, 3.8) is 0 Å². The summed E-state index contributed by atoms with van der Waals surface area (Å²) in [4.78, 5) is 19.7. The average Bonchev–Trinajstić information content (AvgIpc) is 3.50. The lowest BCUT2D eigenvalue weighted by molar-refractivity contribution is 0.0588. The Bertz CT molecular complexity index is 1600. The molecule has 0 saturated carbocycles. The summed E-state index contributed by atoms with van der Waals surface area (Å²) in [6.45, 7) is 0. The van der Waals surface area contributed by atoms with E-state index in [2.05, 4.69) is 67.0 Å². The number of aromatic nitrogens is 4. The minimum absolute atomic E-state index is 0.163. The summed E-state index contributed by atoms with van der Waals surface area (Å²) in [6, 6.07) is 35.1. The zero-order valence-electron chi connectivity index (χ0n) is 19.4. The highest BCUT2D eigenvalue weighted by molar-refractivity contribution is 9.10. The zero-order valence-corrected chi connectivity index (χ0v) is 20.9. The van der Waals surface area contributed by atoms with Crippen molar-refractivity contribution in [3.8, 4) is 0 Å². The van der Waals surface area contributed by atoms with E-state index in [1.165, 1.54) is 7.11 Å². The number of carbonyl (C=O) groups excluding carboxylic acids is 1. The van der Waals surface area contributed by atoms with Gasteiger partial charge in [0.15, 0.2) is 0 Å². The summed E-state index contributed by atoms with van der Waals surface area (Å²) in [5.41, 5.74) is 4.70. The van der Waals surface area contributed by atoms with Crippen LogP contribution in [0.5, 0.6) is 0 Å². The van der Waals surface area contributed by atoms with Gasteiger partial charge in [0.1, 0.15) is 10.1 Å². The molecule has 2 heterocycles. The Kier molecular flexibility index (Phi) is 5.42. The van der Waals surface area contributed by atoms with E-state index in [0.717, 1.165) is 33.1 Å². The van der Waals surface area contributed by atoms with E-state index in [1.54, 1.807) is 0 Å². The highest BCUT2D eigenvalue weighted by Crippen LogP contribution is 2.43. The molecule has 6 rings (SSSR count). The average molecular weight is 537 g/mol. The molecule has 0 unspecified atom stereocenters. The van der Waals surface area contributed by atoms with E-state index < -0.39 is 11.5 Å². The third-order valence-corrected chi connectivity index (χ3v) is 7.09. The highest BCUT2D eigenvalue weighted by Gasteiger charge is 2.40. The second-order valence-corrected chi connectivity index (χ2v) is 9.23. The van der Waals surface area contributed by atoms with Gasteiger partial charge in [-0.3, -0.25) is 0 Å². The molecule has 7 heteroatoms. The number of hydrogen-bond acceptors (Lipinski definition) is 4. The van der Waals surface area contributed by atoms with Crippen molar-refractivity contribution in [3.05, 3.63) is 130 Å². The van der Waals surface area contributed by atoms with Crippen molar-refractivity contribution < 1.29 is 9.53 Å². The van der Waals surface area contributed by atoms with Crippen LogP contribution in [0.4, 0.5) is 0 Å². The van der Waals surface area contributed by atoms with Crippen LogP contribution < -0.4 is 0 Å². The predicted octanol–water partition coefficient (Wildman–Crippen LogP) is 6.30. The molecule has 0 saturated heterocycles.